The zero-order valence-electron chi connectivity index (χ0n) is 22.2. The Morgan fingerprint density at radius 1 is 0.895 bits per heavy atom. The molecule has 4 heterocycles. The molecular weight excluding hydrogens is 472 g/mol. The first-order chi connectivity index (χ1) is 18.7. The van der Waals surface area contributed by atoms with Crippen LogP contribution in [-0.2, 0) is 6.42 Å². The molecule has 0 unspecified atom stereocenters. The van der Waals surface area contributed by atoms with Gasteiger partial charge in [0.2, 0.25) is 0 Å². The van der Waals surface area contributed by atoms with Crippen molar-refractivity contribution in [2.24, 2.45) is 11.8 Å². The lowest BCUT2D eigenvalue weighted by molar-refractivity contribution is 0.0940. The van der Waals surface area contributed by atoms with Crippen LogP contribution in [0, 0.1) is 11.8 Å². The number of carbonyl (C=O) groups excluding carboxylic acids is 1. The van der Waals surface area contributed by atoms with Crippen molar-refractivity contribution in [1.29, 1.82) is 0 Å². The Labute approximate surface area is 226 Å². The maximum Gasteiger partial charge on any atom is 0.163 e. The second-order valence-corrected chi connectivity index (χ2v) is 11.2. The monoisotopic (exact) mass is 510 g/mol. The molecule has 3 aromatic rings. The lowest BCUT2D eigenvalue weighted by Gasteiger charge is -2.37. The number of hydrogen-bond acceptors (Lipinski definition) is 6. The van der Waals surface area contributed by atoms with Crippen molar-refractivity contribution in [3.63, 3.8) is 0 Å². The quantitative estimate of drug-likeness (QED) is 0.364. The first kappa shape index (κ1) is 25.1. The largest absolute Gasteiger partial charge is 0.493 e. The number of piperazine rings is 1. The summed E-state index contributed by atoms with van der Waals surface area (Å²) in [5.41, 5.74) is 4.31. The van der Waals surface area contributed by atoms with Crippen LogP contribution in [0.3, 0.4) is 0 Å². The molecule has 3 aliphatic rings. The molecule has 0 spiro atoms. The molecule has 6 rings (SSSR count). The number of benzene rings is 1. The van der Waals surface area contributed by atoms with E-state index < -0.39 is 0 Å². The highest BCUT2D eigenvalue weighted by Gasteiger charge is 2.27. The summed E-state index contributed by atoms with van der Waals surface area (Å²) >= 11 is 0. The minimum absolute atomic E-state index is 0.286. The standard InChI is InChI=1S/C32H38N4O2/c37-30(27-9-7-26(8-10-27)28-2-1-14-33-23-28)22-25-5-3-24(4-6-25)12-16-35-17-19-36(20-18-35)32-29-13-21-38-31(29)11-15-34-32/h1-2,7-11,14-15,23-25H,3-6,12-13,16-22H2. The molecule has 0 bridgehead atoms. The van der Waals surface area contributed by atoms with Crippen LogP contribution >= 0.6 is 0 Å². The summed E-state index contributed by atoms with van der Waals surface area (Å²) in [4.78, 5) is 26.9. The van der Waals surface area contributed by atoms with Crippen molar-refractivity contribution >= 4 is 11.6 Å². The van der Waals surface area contributed by atoms with Gasteiger partial charge in [-0.25, -0.2) is 4.98 Å². The van der Waals surface area contributed by atoms with E-state index in [0.29, 0.717) is 12.3 Å². The Morgan fingerprint density at radius 2 is 1.68 bits per heavy atom. The molecule has 1 aromatic carbocycles. The third-order valence-corrected chi connectivity index (χ3v) is 8.77. The van der Waals surface area contributed by atoms with Gasteiger partial charge in [-0.3, -0.25) is 14.7 Å². The van der Waals surface area contributed by atoms with Crippen LogP contribution in [0.1, 0.15) is 54.4 Å². The van der Waals surface area contributed by atoms with Crippen molar-refractivity contribution in [1.82, 2.24) is 14.9 Å². The summed E-state index contributed by atoms with van der Waals surface area (Å²) in [6.45, 7) is 6.27. The predicted octanol–water partition coefficient (Wildman–Crippen LogP) is 5.67. The van der Waals surface area contributed by atoms with E-state index in [1.54, 1.807) is 6.20 Å². The summed E-state index contributed by atoms with van der Waals surface area (Å²) in [6, 6.07) is 14.0. The minimum Gasteiger partial charge on any atom is -0.493 e. The summed E-state index contributed by atoms with van der Waals surface area (Å²) < 4.78 is 5.73. The first-order valence-corrected chi connectivity index (χ1v) is 14.3. The number of ketones is 1. The zero-order valence-corrected chi connectivity index (χ0v) is 22.2. The number of hydrogen-bond donors (Lipinski definition) is 0. The Balaban J connectivity index is 0.911. The van der Waals surface area contributed by atoms with Crippen LogP contribution in [0.4, 0.5) is 5.82 Å². The van der Waals surface area contributed by atoms with Crippen molar-refractivity contribution in [3.05, 3.63) is 72.2 Å². The highest BCUT2D eigenvalue weighted by atomic mass is 16.5. The molecule has 1 saturated carbocycles. The van der Waals surface area contributed by atoms with Crippen molar-refractivity contribution < 1.29 is 9.53 Å². The molecular formula is C32H38N4O2. The van der Waals surface area contributed by atoms with Gasteiger partial charge >= 0.3 is 0 Å². The van der Waals surface area contributed by atoms with E-state index in [2.05, 4.69) is 19.8 Å². The zero-order chi connectivity index (χ0) is 25.7. The number of carbonyl (C=O) groups is 1. The number of Topliss-reactive ketones (excluding diaryl/α,β-unsaturated/α-hetero) is 1. The van der Waals surface area contributed by atoms with E-state index in [0.717, 1.165) is 73.4 Å². The molecule has 1 saturated heterocycles. The maximum atomic E-state index is 12.9. The van der Waals surface area contributed by atoms with E-state index in [9.17, 15) is 4.79 Å². The van der Waals surface area contributed by atoms with Crippen LogP contribution in [0.15, 0.2) is 61.1 Å². The molecule has 0 atom stereocenters. The average molecular weight is 511 g/mol. The van der Waals surface area contributed by atoms with Crippen molar-refractivity contribution in [3.8, 4) is 16.9 Å². The number of rotatable bonds is 8. The fraction of sp³-hybridized carbons (Fsp3) is 0.469. The van der Waals surface area contributed by atoms with Gasteiger partial charge in [-0.2, -0.15) is 0 Å². The predicted molar refractivity (Wildman–Crippen MR) is 151 cm³/mol. The molecule has 2 aliphatic heterocycles. The van der Waals surface area contributed by atoms with E-state index in [4.69, 9.17) is 4.74 Å². The number of anilines is 1. The fourth-order valence-corrected chi connectivity index (χ4v) is 6.40. The molecule has 2 aromatic heterocycles. The van der Waals surface area contributed by atoms with Crippen molar-refractivity contribution in [2.75, 3.05) is 44.2 Å². The molecule has 2 fully saturated rings. The van der Waals surface area contributed by atoms with Crippen LogP contribution in [0.2, 0.25) is 0 Å². The number of nitrogens with zero attached hydrogens (tertiary/aromatic N) is 4. The SMILES string of the molecule is O=C(CC1CCC(CCN2CCN(c3nccc4c3CCO4)CC2)CC1)c1ccc(-c2cccnc2)cc1. The maximum absolute atomic E-state index is 12.9. The van der Waals surface area contributed by atoms with Crippen LogP contribution < -0.4 is 9.64 Å². The van der Waals surface area contributed by atoms with Gasteiger partial charge in [-0.05, 0) is 60.9 Å². The molecule has 198 valence electrons. The van der Waals surface area contributed by atoms with E-state index >= 15 is 0 Å². The number of pyridine rings is 2. The Hall–Kier alpha value is -3.25. The molecule has 0 N–H and O–H groups in total. The third kappa shape index (κ3) is 5.75. The second-order valence-electron chi connectivity index (χ2n) is 11.2. The lowest BCUT2D eigenvalue weighted by atomic mass is 9.78. The van der Waals surface area contributed by atoms with Crippen molar-refractivity contribution in [2.45, 2.75) is 44.9 Å². The van der Waals surface area contributed by atoms with Gasteiger partial charge in [0.05, 0.1) is 6.61 Å². The van der Waals surface area contributed by atoms with Gasteiger partial charge in [0, 0.05) is 68.7 Å². The molecule has 38 heavy (non-hydrogen) atoms. The Bertz CT molecular complexity index is 1210. The second kappa shape index (κ2) is 11.6. The molecule has 1 aliphatic carbocycles. The molecule has 6 heteroatoms. The Kier molecular flexibility index (Phi) is 7.68. The van der Waals surface area contributed by atoms with Gasteiger partial charge in [0.25, 0.3) is 0 Å². The number of ether oxygens (including phenoxy) is 1. The summed E-state index contributed by atoms with van der Waals surface area (Å²) in [6.07, 6.45) is 13.4. The van der Waals surface area contributed by atoms with Gasteiger partial charge in [0.15, 0.2) is 5.78 Å². The molecule has 0 amide bonds. The summed E-state index contributed by atoms with van der Waals surface area (Å²) in [5, 5.41) is 0. The van der Waals surface area contributed by atoms with E-state index in [-0.39, 0.29) is 5.78 Å². The van der Waals surface area contributed by atoms with Gasteiger partial charge in [-0.1, -0.05) is 43.2 Å². The first-order valence-electron chi connectivity index (χ1n) is 14.3. The normalized spacial score (nSPS) is 21.6. The molecule has 0 radical (unpaired) electrons. The number of aromatic nitrogens is 2. The lowest BCUT2D eigenvalue weighted by Crippen LogP contribution is -2.47. The molecule has 6 nitrogen and oxygen atoms in total. The van der Waals surface area contributed by atoms with Gasteiger partial charge in [0.1, 0.15) is 11.6 Å². The minimum atomic E-state index is 0.286. The van der Waals surface area contributed by atoms with E-state index in [1.165, 1.54) is 44.2 Å². The highest BCUT2D eigenvalue weighted by Crippen LogP contribution is 2.35. The van der Waals surface area contributed by atoms with Crippen LogP contribution in [-0.4, -0.2) is 60.0 Å². The Morgan fingerprint density at radius 3 is 2.45 bits per heavy atom. The summed E-state index contributed by atoms with van der Waals surface area (Å²) in [5.74, 6) is 3.78. The topological polar surface area (TPSA) is 58.6 Å². The van der Waals surface area contributed by atoms with Gasteiger partial charge < -0.3 is 9.64 Å². The highest BCUT2D eigenvalue weighted by molar-refractivity contribution is 5.96. The van der Waals surface area contributed by atoms with Crippen LogP contribution in [0.25, 0.3) is 11.1 Å². The smallest absolute Gasteiger partial charge is 0.163 e. The fourth-order valence-electron chi connectivity index (χ4n) is 6.40. The number of fused-ring (bicyclic) bond motifs is 1. The van der Waals surface area contributed by atoms with Crippen LogP contribution in [0.5, 0.6) is 5.75 Å². The third-order valence-electron chi connectivity index (χ3n) is 8.77. The summed E-state index contributed by atoms with van der Waals surface area (Å²) in [7, 11) is 0. The van der Waals surface area contributed by atoms with E-state index in [1.807, 2.05) is 54.9 Å². The average Bonchev–Trinajstić information content (AvgIpc) is 3.47. The van der Waals surface area contributed by atoms with Gasteiger partial charge in [-0.15, -0.1) is 0 Å².